The molecule has 0 bridgehead atoms. The second kappa shape index (κ2) is 7.12. The van der Waals surface area contributed by atoms with Crippen molar-refractivity contribution in [2.45, 2.75) is 56.1 Å². The number of carbonyl (C=O) groups excluding carboxylic acids is 1. The lowest BCUT2D eigenvalue weighted by Gasteiger charge is -2.50. The molecule has 2 aromatic rings. The van der Waals surface area contributed by atoms with Gasteiger partial charge in [-0.25, -0.2) is 4.99 Å². The highest BCUT2D eigenvalue weighted by Crippen LogP contribution is 2.53. The third kappa shape index (κ3) is 3.25. The molecule has 2 aromatic carbocycles. The van der Waals surface area contributed by atoms with Crippen LogP contribution in [0.15, 0.2) is 47.5 Å². The monoisotopic (exact) mass is 414 g/mol. The number of aliphatic imine (C=N–C) groups is 1. The maximum Gasteiger partial charge on any atom is 0.231 e. The van der Waals surface area contributed by atoms with E-state index in [0.717, 1.165) is 48.1 Å². The predicted molar refractivity (Wildman–Crippen MR) is 118 cm³/mol. The zero-order chi connectivity index (χ0) is 21.6. The molecule has 2 aliphatic heterocycles. The highest BCUT2D eigenvalue weighted by Gasteiger charge is 2.53. The van der Waals surface area contributed by atoms with Crippen LogP contribution in [0.3, 0.4) is 0 Å². The van der Waals surface area contributed by atoms with Crippen molar-refractivity contribution >= 4 is 11.9 Å². The van der Waals surface area contributed by atoms with Crippen LogP contribution in [-0.4, -0.2) is 29.4 Å². The number of carbonyl (C=O) groups is 1. The molecule has 1 atom stereocenters. The molecule has 6 heteroatoms. The van der Waals surface area contributed by atoms with Gasteiger partial charge in [0.05, 0.1) is 18.1 Å². The van der Waals surface area contributed by atoms with Crippen molar-refractivity contribution in [3.8, 4) is 22.9 Å². The van der Waals surface area contributed by atoms with E-state index in [2.05, 4.69) is 12.1 Å². The Morgan fingerprint density at radius 1 is 1.13 bits per heavy atom. The molecule has 1 fully saturated rings. The van der Waals surface area contributed by atoms with Crippen molar-refractivity contribution in [1.82, 2.24) is 4.90 Å². The van der Waals surface area contributed by atoms with Crippen molar-refractivity contribution in [2.24, 2.45) is 10.7 Å². The van der Waals surface area contributed by atoms with E-state index >= 15 is 0 Å². The first-order valence-electron chi connectivity index (χ1n) is 10.9. The first-order valence-corrected chi connectivity index (χ1v) is 10.9. The molecule has 31 heavy (non-hydrogen) atoms. The van der Waals surface area contributed by atoms with Gasteiger partial charge >= 0.3 is 0 Å². The van der Waals surface area contributed by atoms with Gasteiger partial charge in [0, 0.05) is 19.0 Å². The minimum absolute atomic E-state index is 0.0248. The van der Waals surface area contributed by atoms with Crippen LogP contribution in [0.25, 0.3) is 11.1 Å². The van der Waals surface area contributed by atoms with E-state index in [1.165, 1.54) is 11.3 Å². The fraction of sp³-hybridized carbons (Fsp3) is 0.400. The Morgan fingerprint density at radius 3 is 2.65 bits per heavy atom. The Hall–Kier alpha value is -3.33. The van der Waals surface area contributed by atoms with Gasteiger partial charge in [0.1, 0.15) is 16.9 Å². The van der Waals surface area contributed by atoms with E-state index in [4.69, 9.17) is 15.5 Å². The molecule has 1 aliphatic carbocycles. The number of rotatable bonds is 1. The van der Waals surface area contributed by atoms with E-state index in [9.17, 15) is 10.1 Å². The van der Waals surface area contributed by atoms with Crippen LogP contribution in [-0.2, 0) is 10.3 Å². The molecule has 0 saturated heterocycles. The number of fused-ring (bicyclic) bond motifs is 2. The van der Waals surface area contributed by atoms with E-state index < -0.39 is 5.54 Å². The third-order valence-corrected chi connectivity index (χ3v) is 7.00. The van der Waals surface area contributed by atoms with Crippen LogP contribution in [0.1, 0.15) is 56.1 Å². The average molecular weight is 415 g/mol. The predicted octanol–water partition coefficient (Wildman–Crippen LogP) is 4.08. The summed E-state index contributed by atoms with van der Waals surface area (Å²) in [5, 5.41) is 9.28. The fourth-order valence-corrected chi connectivity index (χ4v) is 5.39. The van der Waals surface area contributed by atoms with Gasteiger partial charge in [0.2, 0.25) is 5.91 Å². The largest absolute Gasteiger partial charge is 0.487 e. The highest BCUT2D eigenvalue weighted by atomic mass is 16.5. The number of guanidine groups is 1. The molecule has 1 unspecified atom stereocenters. The van der Waals surface area contributed by atoms with Crippen molar-refractivity contribution in [2.75, 3.05) is 7.05 Å². The summed E-state index contributed by atoms with van der Waals surface area (Å²) in [5.41, 5.74) is 8.64. The minimum atomic E-state index is -0.721. The smallest absolute Gasteiger partial charge is 0.231 e. The standard InChI is InChI=1S/C25H26N4O2/c1-29-22(30)14-25(28-23(29)27)16-24(10-3-2-4-11-24)31-21-9-8-19(13-20(21)25)18-7-5-6-17(12-18)15-26/h5-9,12-13H,2-4,10-11,14,16H2,1H3,(H2,27,28). The quantitative estimate of drug-likeness (QED) is 0.761. The molecular weight excluding hydrogens is 388 g/mol. The number of ether oxygens (including phenoxy) is 1. The Labute approximate surface area is 182 Å². The fourth-order valence-electron chi connectivity index (χ4n) is 5.39. The Morgan fingerprint density at radius 2 is 1.90 bits per heavy atom. The average Bonchev–Trinajstić information content (AvgIpc) is 2.78. The molecule has 1 amide bonds. The van der Waals surface area contributed by atoms with Crippen LogP contribution in [0, 0.1) is 11.3 Å². The van der Waals surface area contributed by atoms with Gasteiger partial charge in [-0.1, -0.05) is 24.6 Å². The van der Waals surface area contributed by atoms with Gasteiger partial charge in [-0.15, -0.1) is 0 Å². The van der Waals surface area contributed by atoms with Crippen LogP contribution in [0.2, 0.25) is 0 Å². The summed E-state index contributed by atoms with van der Waals surface area (Å²) in [5.74, 6) is 1.03. The van der Waals surface area contributed by atoms with Crippen molar-refractivity contribution in [1.29, 1.82) is 5.26 Å². The number of hydrogen-bond acceptors (Lipinski definition) is 5. The van der Waals surface area contributed by atoms with E-state index in [-0.39, 0.29) is 23.9 Å². The van der Waals surface area contributed by atoms with Crippen molar-refractivity contribution in [3.05, 3.63) is 53.6 Å². The van der Waals surface area contributed by atoms with Gasteiger partial charge in [-0.2, -0.15) is 5.26 Å². The van der Waals surface area contributed by atoms with Crippen LogP contribution < -0.4 is 10.5 Å². The highest BCUT2D eigenvalue weighted by molar-refractivity contribution is 5.99. The van der Waals surface area contributed by atoms with Gasteiger partial charge in [-0.05, 0) is 61.1 Å². The molecule has 2 spiro atoms. The maximum absolute atomic E-state index is 12.9. The van der Waals surface area contributed by atoms with Crippen LogP contribution in [0.5, 0.6) is 5.75 Å². The van der Waals surface area contributed by atoms with Gasteiger partial charge < -0.3 is 10.5 Å². The summed E-state index contributed by atoms with van der Waals surface area (Å²) in [7, 11) is 1.68. The molecular formula is C25H26N4O2. The number of amides is 1. The number of benzene rings is 2. The van der Waals surface area contributed by atoms with Crippen LogP contribution in [0.4, 0.5) is 0 Å². The van der Waals surface area contributed by atoms with Crippen molar-refractivity contribution < 1.29 is 9.53 Å². The Balaban J connectivity index is 1.67. The first kappa shape index (κ1) is 19.6. The first-order chi connectivity index (χ1) is 14.9. The second-order valence-corrected chi connectivity index (χ2v) is 9.06. The zero-order valence-electron chi connectivity index (χ0n) is 17.7. The van der Waals surface area contributed by atoms with Crippen LogP contribution >= 0.6 is 0 Å². The zero-order valence-corrected chi connectivity index (χ0v) is 17.7. The lowest BCUT2D eigenvalue weighted by Crippen LogP contribution is -2.55. The number of nitriles is 1. The number of hydrogen-bond donors (Lipinski definition) is 1. The summed E-state index contributed by atoms with van der Waals surface area (Å²) in [6, 6.07) is 15.8. The Bertz CT molecular complexity index is 1130. The number of nitrogens with zero attached hydrogens (tertiary/aromatic N) is 3. The maximum atomic E-state index is 12.9. The van der Waals surface area contributed by atoms with Gasteiger partial charge in [-0.3, -0.25) is 9.69 Å². The van der Waals surface area contributed by atoms with E-state index in [0.29, 0.717) is 12.0 Å². The molecule has 2 heterocycles. The molecule has 3 aliphatic rings. The van der Waals surface area contributed by atoms with E-state index in [1.54, 1.807) is 13.1 Å². The summed E-state index contributed by atoms with van der Waals surface area (Å²) in [6.07, 6.45) is 6.35. The van der Waals surface area contributed by atoms with Gasteiger partial charge in [0.25, 0.3) is 0 Å². The summed E-state index contributed by atoms with van der Waals surface area (Å²) >= 11 is 0. The van der Waals surface area contributed by atoms with E-state index in [1.807, 2.05) is 30.3 Å². The Kier molecular flexibility index (Phi) is 4.51. The second-order valence-electron chi connectivity index (χ2n) is 9.06. The molecule has 2 N–H and O–H groups in total. The minimum Gasteiger partial charge on any atom is -0.487 e. The molecule has 1 saturated carbocycles. The summed E-state index contributed by atoms with van der Waals surface area (Å²) in [4.78, 5) is 19.3. The molecule has 0 aromatic heterocycles. The number of nitrogens with two attached hydrogens (primary N) is 1. The normalized spacial score (nSPS) is 24.3. The summed E-state index contributed by atoms with van der Waals surface area (Å²) < 4.78 is 6.63. The molecule has 5 rings (SSSR count). The topological polar surface area (TPSA) is 91.7 Å². The van der Waals surface area contributed by atoms with Gasteiger partial charge in [0.15, 0.2) is 5.96 Å². The molecule has 0 radical (unpaired) electrons. The molecule has 158 valence electrons. The van der Waals surface area contributed by atoms with Crippen molar-refractivity contribution in [3.63, 3.8) is 0 Å². The SMILES string of the molecule is CN1C(=O)CC2(CC3(CCCCC3)Oc3ccc(-c4cccc(C#N)c4)cc32)N=C1N. The third-order valence-electron chi connectivity index (χ3n) is 7.00. The lowest BCUT2D eigenvalue weighted by molar-refractivity contribution is -0.130. The lowest BCUT2D eigenvalue weighted by atomic mass is 9.69. The molecule has 6 nitrogen and oxygen atoms in total. The summed E-state index contributed by atoms with van der Waals surface area (Å²) in [6.45, 7) is 0.